The lowest BCUT2D eigenvalue weighted by molar-refractivity contribution is -0.137. The zero-order valence-corrected chi connectivity index (χ0v) is 13.9. The van der Waals surface area contributed by atoms with Gasteiger partial charge in [-0.1, -0.05) is 31.9 Å². The lowest BCUT2D eigenvalue weighted by Gasteiger charge is -2.29. The van der Waals surface area contributed by atoms with Crippen LogP contribution < -0.4 is 4.90 Å². The van der Waals surface area contributed by atoms with Crippen LogP contribution >= 0.6 is 31.9 Å². The van der Waals surface area contributed by atoms with Gasteiger partial charge in [-0.25, -0.2) is 4.79 Å². The van der Waals surface area contributed by atoms with Crippen molar-refractivity contribution in [2.75, 3.05) is 4.90 Å². The molecule has 0 aliphatic rings. The predicted octanol–water partition coefficient (Wildman–Crippen LogP) is 4.82. The van der Waals surface area contributed by atoms with Gasteiger partial charge < -0.3 is 10.0 Å². The molecule has 0 saturated heterocycles. The normalized spacial score (nSPS) is 11.9. The van der Waals surface area contributed by atoms with E-state index in [9.17, 15) is 9.90 Å². The second-order valence-corrected chi connectivity index (χ2v) is 6.17. The first-order chi connectivity index (χ1) is 9.49. The average molecular weight is 399 g/mol. The number of hydrogen-bond acceptors (Lipinski definition) is 2. The molecule has 104 valence electrons. The lowest BCUT2D eigenvalue weighted by Crippen LogP contribution is -2.35. The van der Waals surface area contributed by atoms with E-state index in [1.807, 2.05) is 48.5 Å². The number of hydrogen-bond donors (Lipinski definition) is 1. The highest BCUT2D eigenvalue weighted by atomic mass is 79.9. The SMILES string of the molecule is C[C@@H](C(=O)O)N(c1ccc(Br)cc1)c1ccc(Br)cc1. The zero-order valence-electron chi connectivity index (χ0n) is 10.8. The van der Waals surface area contributed by atoms with Gasteiger partial charge in [0, 0.05) is 20.3 Å². The van der Waals surface area contributed by atoms with Crippen molar-refractivity contribution < 1.29 is 9.90 Å². The van der Waals surface area contributed by atoms with Crippen LogP contribution in [-0.2, 0) is 4.79 Å². The Bertz CT molecular complexity index is 551. The number of anilines is 2. The summed E-state index contributed by atoms with van der Waals surface area (Å²) in [4.78, 5) is 13.2. The van der Waals surface area contributed by atoms with Gasteiger partial charge in [0.2, 0.25) is 0 Å². The fraction of sp³-hybridized carbons (Fsp3) is 0.133. The number of carbonyl (C=O) groups is 1. The van der Waals surface area contributed by atoms with E-state index in [4.69, 9.17) is 0 Å². The van der Waals surface area contributed by atoms with Crippen molar-refractivity contribution in [3.63, 3.8) is 0 Å². The largest absolute Gasteiger partial charge is 0.480 e. The predicted molar refractivity (Wildman–Crippen MR) is 87.5 cm³/mol. The first-order valence-corrected chi connectivity index (χ1v) is 7.61. The van der Waals surface area contributed by atoms with Crippen molar-refractivity contribution in [1.29, 1.82) is 0 Å². The summed E-state index contributed by atoms with van der Waals surface area (Å²) in [6.45, 7) is 1.67. The van der Waals surface area contributed by atoms with Crippen molar-refractivity contribution in [3.8, 4) is 0 Å². The third kappa shape index (κ3) is 3.41. The molecule has 2 rings (SSSR count). The van der Waals surface area contributed by atoms with Crippen LogP contribution in [0.25, 0.3) is 0 Å². The maximum atomic E-state index is 11.4. The highest BCUT2D eigenvalue weighted by molar-refractivity contribution is 9.10. The van der Waals surface area contributed by atoms with E-state index in [2.05, 4.69) is 31.9 Å². The van der Waals surface area contributed by atoms with Crippen LogP contribution in [0, 0.1) is 0 Å². The number of carboxylic acid groups (broad SMARTS) is 1. The van der Waals surface area contributed by atoms with Gasteiger partial charge in [-0.05, 0) is 55.5 Å². The van der Waals surface area contributed by atoms with E-state index >= 15 is 0 Å². The molecule has 1 atom stereocenters. The summed E-state index contributed by atoms with van der Waals surface area (Å²) in [6, 6.07) is 14.5. The monoisotopic (exact) mass is 397 g/mol. The Kier molecular flexibility index (Phi) is 4.83. The topological polar surface area (TPSA) is 40.5 Å². The summed E-state index contributed by atoms with van der Waals surface area (Å²) < 4.78 is 1.92. The van der Waals surface area contributed by atoms with Crippen molar-refractivity contribution in [3.05, 3.63) is 57.5 Å². The third-order valence-corrected chi connectivity index (χ3v) is 4.01. The van der Waals surface area contributed by atoms with Crippen LogP contribution in [0.15, 0.2) is 57.5 Å². The molecule has 0 bridgehead atoms. The Morgan fingerprint density at radius 2 is 1.30 bits per heavy atom. The Hall–Kier alpha value is -1.33. The molecule has 5 heteroatoms. The van der Waals surface area contributed by atoms with E-state index in [0.717, 1.165) is 20.3 Å². The standard InChI is InChI=1S/C15H13Br2NO2/c1-10(15(19)20)18(13-6-2-11(16)3-7-13)14-8-4-12(17)5-9-14/h2-10H,1H3,(H,19,20)/t10-/m0/s1. The van der Waals surface area contributed by atoms with E-state index in [1.54, 1.807) is 11.8 Å². The maximum Gasteiger partial charge on any atom is 0.326 e. The highest BCUT2D eigenvalue weighted by Gasteiger charge is 2.22. The molecule has 0 unspecified atom stereocenters. The summed E-state index contributed by atoms with van der Waals surface area (Å²) in [6.07, 6.45) is 0. The molecule has 1 N–H and O–H groups in total. The molecule has 0 amide bonds. The second-order valence-electron chi connectivity index (χ2n) is 4.34. The molecule has 0 aliphatic carbocycles. The fourth-order valence-corrected chi connectivity index (χ4v) is 2.44. The summed E-state index contributed by atoms with van der Waals surface area (Å²) in [7, 11) is 0. The van der Waals surface area contributed by atoms with Gasteiger partial charge in [0.1, 0.15) is 6.04 Å². The first-order valence-electron chi connectivity index (χ1n) is 6.02. The van der Waals surface area contributed by atoms with Gasteiger partial charge in [-0.3, -0.25) is 0 Å². The van der Waals surface area contributed by atoms with Crippen LogP contribution in [0.5, 0.6) is 0 Å². The fourth-order valence-electron chi connectivity index (χ4n) is 1.91. The minimum Gasteiger partial charge on any atom is -0.480 e. The van der Waals surface area contributed by atoms with Crippen molar-refractivity contribution in [2.24, 2.45) is 0 Å². The van der Waals surface area contributed by atoms with Crippen LogP contribution in [0.4, 0.5) is 11.4 Å². The van der Waals surface area contributed by atoms with Gasteiger partial charge in [-0.2, -0.15) is 0 Å². The molecule has 0 fully saturated rings. The Balaban J connectivity index is 2.46. The molecular weight excluding hydrogens is 386 g/mol. The minimum atomic E-state index is -0.865. The zero-order chi connectivity index (χ0) is 14.7. The number of benzene rings is 2. The summed E-state index contributed by atoms with van der Waals surface area (Å²) >= 11 is 6.77. The van der Waals surface area contributed by atoms with Crippen molar-refractivity contribution in [2.45, 2.75) is 13.0 Å². The highest BCUT2D eigenvalue weighted by Crippen LogP contribution is 2.30. The Morgan fingerprint density at radius 3 is 1.60 bits per heavy atom. The summed E-state index contributed by atoms with van der Waals surface area (Å²) in [5.41, 5.74) is 1.68. The molecule has 0 saturated carbocycles. The number of halogens is 2. The lowest BCUT2D eigenvalue weighted by atomic mass is 10.1. The van der Waals surface area contributed by atoms with Crippen LogP contribution in [0.2, 0.25) is 0 Å². The molecule has 2 aromatic rings. The first kappa shape index (κ1) is 15.1. The number of carboxylic acids is 1. The average Bonchev–Trinajstić information content (AvgIpc) is 2.43. The van der Waals surface area contributed by atoms with Gasteiger partial charge in [0.15, 0.2) is 0 Å². The Morgan fingerprint density at radius 1 is 0.950 bits per heavy atom. The van der Waals surface area contributed by atoms with E-state index in [-0.39, 0.29) is 0 Å². The number of aliphatic carboxylic acids is 1. The van der Waals surface area contributed by atoms with E-state index < -0.39 is 12.0 Å². The molecule has 0 aliphatic heterocycles. The molecule has 20 heavy (non-hydrogen) atoms. The van der Waals surface area contributed by atoms with E-state index in [1.165, 1.54) is 0 Å². The Labute approximate surface area is 134 Å². The van der Waals surface area contributed by atoms with E-state index in [0.29, 0.717) is 0 Å². The van der Waals surface area contributed by atoms with Gasteiger partial charge in [-0.15, -0.1) is 0 Å². The summed E-state index contributed by atoms with van der Waals surface area (Å²) in [5.74, 6) is -0.865. The second kappa shape index (κ2) is 6.41. The molecular formula is C15H13Br2NO2. The third-order valence-electron chi connectivity index (χ3n) is 2.95. The number of nitrogens with zero attached hydrogens (tertiary/aromatic N) is 1. The molecule has 0 radical (unpaired) electrons. The van der Waals surface area contributed by atoms with Gasteiger partial charge >= 0.3 is 5.97 Å². The van der Waals surface area contributed by atoms with Crippen LogP contribution in [-0.4, -0.2) is 17.1 Å². The molecule has 2 aromatic carbocycles. The molecule has 0 spiro atoms. The smallest absolute Gasteiger partial charge is 0.326 e. The maximum absolute atomic E-state index is 11.4. The summed E-state index contributed by atoms with van der Waals surface area (Å²) in [5, 5.41) is 9.32. The van der Waals surface area contributed by atoms with Gasteiger partial charge in [0.25, 0.3) is 0 Å². The number of rotatable bonds is 4. The van der Waals surface area contributed by atoms with Crippen molar-refractivity contribution >= 4 is 49.2 Å². The minimum absolute atomic E-state index is 0.655. The van der Waals surface area contributed by atoms with Crippen LogP contribution in [0.3, 0.4) is 0 Å². The molecule has 0 aromatic heterocycles. The van der Waals surface area contributed by atoms with Crippen molar-refractivity contribution in [1.82, 2.24) is 0 Å². The molecule has 3 nitrogen and oxygen atoms in total. The van der Waals surface area contributed by atoms with Crippen LogP contribution in [0.1, 0.15) is 6.92 Å². The molecule has 0 heterocycles. The van der Waals surface area contributed by atoms with Gasteiger partial charge in [0.05, 0.1) is 0 Å². The quantitative estimate of drug-likeness (QED) is 0.802.